The van der Waals surface area contributed by atoms with Crippen LogP contribution < -0.4 is 15.7 Å². The van der Waals surface area contributed by atoms with E-state index < -0.39 is 37.9 Å². The van der Waals surface area contributed by atoms with Crippen LogP contribution in [-0.4, -0.2) is 65.5 Å². The number of aliphatic hydroxyl groups excluding tert-OH is 1. The van der Waals surface area contributed by atoms with Gasteiger partial charge < -0.3 is 34.1 Å². The third-order valence-corrected chi connectivity index (χ3v) is 11.6. The summed E-state index contributed by atoms with van der Waals surface area (Å²) in [6.07, 6.45) is 18.8. The molecule has 3 aromatic carbocycles. The van der Waals surface area contributed by atoms with Gasteiger partial charge in [0.1, 0.15) is 23.5 Å². The van der Waals surface area contributed by atoms with Crippen molar-refractivity contribution in [3.8, 4) is 5.75 Å². The van der Waals surface area contributed by atoms with Gasteiger partial charge in [0.15, 0.2) is 0 Å². The molecule has 4 aromatic rings. The second-order valence-corrected chi connectivity index (χ2v) is 17.0. The number of methoxy groups -OCH3 is 1. The fourth-order valence-electron chi connectivity index (χ4n) is 7.25. The van der Waals surface area contributed by atoms with Crippen LogP contribution in [0.4, 0.5) is 5.82 Å². The molecule has 3 N–H and O–H groups in total. The van der Waals surface area contributed by atoms with E-state index in [1.807, 2.05) is 84.9 Å². The molecule has 12 heteroatoms. The summed E-state index contributed by atoms with van der Waals surface area (Å²) in [5, 5.41) is 13.6. The Balaban J connectivity index is 1.19. The molecule has 324 valence electrons. The zero-order valence-electron chi connectivity index (χ0n) is 35.3. The van der Waals surface area contributed by atoms with Crippen molar-refractivity contribution >= 4 is 13.4 Å². The van der Waals surface area contributed by atoms with Crippen LogP contribution in [0.15, 0.2) is 102 Å². The van der Waals surface area contributed by atoms with Crippen molar-refractivity contribution < 1.29 is 33.3 Å². The number of hydrogen-bond donors (Lipinski definition) is 3. The average Bonchev–Trinajstić information content (AvgIpc) is 3.26. The maximum atomic E-state index is 13.4. The van der Waals surface area contributed by atoms with Gasteiger partial charge in [-0.05, 0) is 47.7 Å². The summed E-state index contributed by atoms with van der Waals surface area (Å²) in [5.74, 6) is 1.04. The maximum absolute atomic E-state index is 13.4. The molecule has 0 saturated heterocycles. The lowest BCUT2D eigenvalue weighted by atomic mass is 9.77. The third kappa shape index (κ3) is 16.6. The Bertz CT molecular complexity index is 1770. The van der Waals surface area contributed by atoms with Gasteiger partial charge in [-0.3, -0.25) is 9.13 Å². The molecule has 11 nitrogen and oxygen atoms in total. The van der Waals surface area contributed by atoms with Crippen molar-refractivity contribution in [2.75, 3.05) is 45.2 Å². The quantitative estimate of drug-likeness (QED) is 0.0247. The summed E-state index contributed by atoms with van der Waals surface area (Å²) < 4.78 is 35.9. The van der Waals surface area contributed by atoms with Gasteiger partial charge in [-0.25, -0.2) is 4.79 Å². The van der Waals surface area contributed by atoms with E-state index in [2.05, 4.69) is 17.2 Å². The number of anilines is 1. The summed E-state index contributed by atoms with van der Waals surface area (Å²) in [6, 6.07) is 29.3. The molecule has 0 bridgehead atoms. The van der Waals surface area contributed by atoms with E-state index in [1.165, 1.54) is 81.6 Å². The zero-order chi connectivity index (χ0) is 42.0. The Kier molecular flexibility index (Phi) is 22.0. The summed E-state index contributed by atoms with van der Waals surface area (Å²) in [5.41, 5.74) is 1.24. The van der Waals surface area contributed by atoms with Crippen molar-refractivity contribution in [1.82, 2.24) is 9.55 Å². The molecule has 2 atom stereocenters. The first-order valence-corrected chi connectivity index (χ1v) is 23.5. The van der Waals surface area contributed by atoms with E-state index in [4.69, 9.17) is 18.7 Å². The predicted molar refractivity (Wildman–Crippen MR) is 236 cm³/mol. The molecule has 0 aliphatic rings. The Morgan fingerprint density at radius 1 is 0.712 bits per heavy atom. The number of hydrogen-bond acceptors (Lipinski definition) is 9. The van der Waals surface area contributed by atoms with E-state index in [0.29, 0.717) is 31.2 Å². The highest BCUT2D eigenvalue weighted by Crippen LogP contribution is 2.42. The molecule has 1 heterocycles. The van der Waals surface area contributed by atoms with E-state index >= 15 is 0 Å². The Morgan fingerprint density at radius 2 is 1.24 bits per heavy atom. The SMILES string of the molecule is CCCCCCCCCCCCCCCCOCCCOP(=O)(O)CO[C@H](CO)Cn1ccc(NC(c2ccccc2)(c2ccccc2)c2ccc(OC)cc2)nc1=O. The number of aromatic nitrogens is 2. The summed E-state index contributed by atoms with van der Waals surface area (Å²) >= 11 is 0. The molecular weight excluding hydrogens is 766 g/mol. The molecule has 0 aliphatic carbocycles. The second-order valence-electron chi connectivity index (χ2n) is 15.2. The molecule has 0 radical (unpaired) electrons. The minimum atomic E-state index is -4.10. The van der Waals surface area contributed by atoms with Crippen LogP contribution in [0, 0.1) is 0 Å². The van der Waals surface area contributed by atoms with Crippen LogP contribution in [0.5, 0.6) is 5.75 Å². The van der Waals surface area contributed by atoms with E-state index in [-0.39, 0.29) is 13.2 Å². The number of rotatable bonds is 32. The number of unbranched alkanes of at least 4 members (excludes halogenated alkanes) is 13. The van der Waals surface area contributed by atoms with Crippen LogP contribution in [0.3, 0.4) is 0 Å². The molecule has 0 saturated carbocycles. The lowest BCUT2D eigenvalue weighted by molar-refractivity contribution is 0.0162. The van der Waals surface area contributed by atoms with Gasteiger partial charge in [0.25, 0.3) is 0 Å². The van der Waals surface area contributed by atoms with Crippen LogP contribution in [0.2, 0.25) is 0 Å². The summed E-state index contributed by atoms with van der Waals surface area (Å²) in [4.78, 5) is 28.1. The smallest absolute Gasteiger partial charge is 0.353 e. The predicted octanol–water partition coefficient (Wildman–Crippen LogP) is 10.1. The topological polar surface area (TPSA) is 141 Å². The van der Waals surface area contributed by atoms with E-state index in [9.17, 15) is 19.4 Å². The second kappa shape index (κ2) is 27.1. The molecule has 1 aromatic heterocycles. The molecule has 59 heavy (non-hydrogen) atoms. The Morgan fingerprint density at radius 3 is 1.76 bits per heavy atom. The minimum absolute atomic E-state index is 0.0431. The third-order valence-electron chi connectivity index (χ3n) is 10.6. The highest BCUT2D eigenvalue weighted by Gasteiger charge is 2.37. The number of ether oxygens (including phenoxy) is 3. The fourth-order valence-corrected chi connectivity index (χ4v) is 8.14. The van der Waals surface area contributed by atoms with Crippen molar-refractivity contribution in [1.29, 1.82) is 0 Å². The molecule has 0 aliphatic heterocycles. The van der Waals surface area contributed by atoms with Crippen molar-refractivity contribution in [3.05, 3.63) is 124 Å². The normalized spacial score (nSPS) is 13.2. The van der Waals surface area contributed by atoms with Gasteiger partial charge in [0, 0.05) is 19.4 Å². The number of nitrogens with zero attached hydrogens (tertiary/aromatic N) is 2. The first-order valence-electron chi connectivity index (χ1n) is 21.7. The van der Waals surface area contributed by atoms with Crippen LogP contribution in [0.1, 0.15) is 120 Å². The molecule has 0 spiro atoms. The highest BCUT2D eigenvalue weighted by molar-refractivity contribution is 7.52. The van der Waals surface area contributed by atoms with Crippen LogP contribution in [-0.2, 0) is 30.6 Å². The average molecular weight is 834 g/mol. The highest BCUT2D eigenvalue weighted by atomic mass is 31.2. The van der Waals surface area contributed by atoms with E-state index in [0.717, 1.165) is 29.5 Å². The van der Waals surface area contributed by atoms with Gasteiger partial charge in [0.05, 0.1) is 33.0 Å². The van der Waals surface area contributed by atoms with Gasteiger partial charge in [-0.2, -0.15) is 4.98 Å². The first-order chi connectivity index (χ1) is 28.8. The Hall–Kier alpha value is -3.83. The lowest BCUT2D eigenvalue weighted by Gasteiger charge is -2.37. The molecule has 0 amide bonds. The number of benzene rings is 3. The molecule has 1 unspecified atom stereocenters. The Labute approximate surface area is 352 Å². The molecular formula is C47H68N3O8P. The van der Waals surface area contributed by atoms with Gasteiger partial charge in [-0.1, -0.05) is 163 Å². The van der Waals surface area contributed by atoms with Crippen LogP contribution in [0.25, 0.3) is 0 Å². The zero-order valence-corrected chi connectivity index (χ0v) is 36.2. The fraction of sp³-hybridized carbons (Fsp3) is 0.532. The summed E-state index contributed by atoms with van der Waals surface area (Å²) in [6.45, 7) is 2.85. The standard InChI is InChI=1S/C47H68N3O8P/c1-3-4-5-6-7-8-9-10-11-12-13-14-15-22-34-56-35-23-36-58-59(53,54)39-57-44(38-51)37-50-33-32-45(48-46(50)52)49-47(40-24-18-16-19-25-40,41-26-20-17-21-27-41)42-28-30-43(55-2)31-29-42/h16-21,24-33,44,51H,3-15,22-23,34-39H2,1-2H3,(H,53,54)(H,48,49,52)/t44-/m0/s1. The molecule has 0 fully saturated rings. The minimum Gasteiger partial charge on any atom is -0.497 e. The van der Waals surface area contributed by atoms with Crippen molar-refractivity contribution in [2.24, 2.45) is 0 Å². The number of nitrogens with one attached hydrogen (secondary N) is 1. The first kappa shape index (κ1) is 47.8. The van der Waals surface area contributed by atoms with Crippen molar-refractivity contribution in [3.63, 3.8) is 0 Å². The monoisotopic (exact) mass is 833 g/mol. The van der Waals surface area contributed by atoms with E-state index in [1.54, 1.807) is 19.4 Å². The van der Waals surface area contributed by atoms with Gasteiger partial charge in [-0.15, -0.1) is 0 Å². The van der Waals surface area contributed by atoms with Crippen molar-refractivity contribution in [2.45, 2.75) is 121 Å². The lowest BCUT2D eigenvalue weighted by Crippen LogP contribution is -2.39. The maximum Gasteiger partial charge on any atom is 0.353 e. The largest absolute Gasteiger partial charge is 0.497 e. The van der Waals surface area contributed by atoms with Gasteiger partial charge >= 0.3 is 13.3 Å². The molecule has 4 rings (SSSR count). The summed E-state index contributed by atoms with van der Waals surface area (Å²) in [7, 11) is -2.48. The van der Waals surface area contributed by atoms with Gasteiger partial charge in [0.2, 0.25) is 0 Å². The number of aliphatic hydroxyl groups is 1. The van der Waals surface area contributed by atoms with Crippen LogP contribution >= 0.6 is 7.60 Å².